The second-order valence-electron chi connectivity index (χ2n) is 4.98. The zero-order valence-corrected chi connectivity index (χ0v) is 12.7. The minimum atomic E-state index is -0.943. The lowest BCUT2D eigenvalue weighted by Gasteiger charge is -2.13. The molecule has 2 N–H and O–H groups in total. The van der Waals surface area contributed by atoms with Crippen molar-refractivity contribution in [2.24, 2.45) is 0 Å². The van der Waals surface area contributed by atoms with Crippen LogP contribution < -0.4 is 5.32 Å². The first-order chi connectivity index (χ1) is 11.1. The maximum Gasteiger partial charge on any atom is 0.322 e. The number of fused-ring (bicyclic) bond motifs is 1. The van der Waals surface area contributed by atoms with Crippen molar-refractivity contribution < 1.29 is 9.90 Å². The van der Waals surface area contributed by atoms with Crippen molar-refractivity contribution >= 4 is 34.2 Å². The van der Waals surface area contributed by atoms with Crippen LogP contribution in [0.15, 0.2) is 48.7 Å². The molecule has 0 fully saturated rings. The Morgan fingerprint density at radius 2 is 2.09 bits per heavy atom. The number of hydrogen-bond donors (Lipinski definition) is 2. The van der Waals surface area contributed by atoms with E-state index in [1.165, 1.54) is 0 Å². The van der Waals surface area contributed by atoms with Crippen LogP contribution in [0.3, 0.4) is 0 Å². The van der Waals surface area contributed by atoms with Crippen LogP contribution in [0.5, 0.6) is 0 Å². The van der Waals surface area contributed by atoms with Crippen molar-refractivity contribution in [1.82, 2.24) is 4.57 Å². The van der Waals surface area contributed by atoms with Crippen molar-refractivity contribution in [1.29, 1.82) is 5.26 Å². The van der Waals surface area contributed by atoms with Gasteiger partial charge in [0.05, 0.1) is 28.5 Å². The summed E-state index contributed by atoms with van der Waals surface area (Å²) in [6, 6.07) is 14.6. The Morgan fingerprint density at radius 1 is 1.26 bits per heavy atom. The second-order valence-corrected chi connectivity index (χ2v) is 5.42. The Bertz CT molecular complexity index is 941. The number of aromatic nitrogens is 1. The van der Waals surface area contributed by atoms with Gasteiger partial charge in [0.2, 0.25) is 0 Å². The lowest BCUT2D eigenvalue weighted by Crippen LogP contribution is -2.13. The van der Waals surface area contributed by atoms with Gasteiger partial charge in [0, 0.05) is 16.6 Å². The number of carbonyl (C=O) groups is 1. The first-order valence-electron chi connectivity index (χ1n) is 6.85. The van der Waals surface area contributed by atoms with E-state index in [1.54, 1.807) is 30.3 Å². The first-order valence-corrected chi connectivity index (χ1v) is 7.23. The van der Waals surface area contributed by atoms with Gasteiger partial charge in [-0.15, -0.1) is 0 Å². The molecule has 0 aliphatic carbocycles. The smallest absolute Gasteiger partial charge is 0.322 e. The minimum absolute atomic E-state index is 0.188. The van der Waals surface area contributed by atoms with E-state index in [0.717, 1.165) is 16.6 Å². The highest BCUT2D eigenvalue weighted by Gasteiger charge is 2.10. The molecule has 1 heterocycles. The monoisotopic (exact) mass is 325 g/mol. The zero-order chi connectivity index (χ0) is 16.4. The molecule has 1 aromatic heterocycles. The summed E-state index contributed by atoms with van der Waals surface area (Å²) in [5.41, 5.74) is 2.91. The van der Waals surface area contributed by atoms with E-state index >= 15 is 0 Å². The molecule has 114 valence electrons. The molecule has 2 aromatic carbocycles. The van der Waals surface area contributed by atoms with Crippen LogP contribution >= 0.6 is 11.6 Å². The number of rotatable bonds is 4. The van der Waals surface area contributed by atoms with Crippen molar-refractivity contribution in [3.8, 4) is 11.8 Å². The average Bonchev–Trinajstić information content (AvgIpc) is 2.96. The van der Waals surface area contributed by atoms with Crippen molar-refractivity contribution in [3.63, 3.8) is 0 Å². The van der Waals surface area contributed by atoms with Gasteiger partial charge in [-0.05, 0) is 42.5 Å². The molecule has 3 aromatic rings. The van der Waals surface area contributed by atoms with E-state index in [9.17, 15) is 4.79 Å². The van der Waals surface area contributed by atoms with E-state index in [-0.39, 0.29) is 6.54 Å². The number of anilines is 1. The average molecular weight is 326 g/mol. The van der Waals surface area contributed by atoms with Crippen molar-refractivity contribution in [3.05, 3.63) is 59.2 Å². The third-order valence-electron chi connectivity index (χ3n) is 3.47. The van der Waals surface area contributed by atoms with Gasteiger partial charge < -0.3 is 15.0 Å². The number of halogens is 1. The summed E-state index contributed by atoms with van der Waals surface area (Å²) in [5, 5.41) is 22.2. The molecular formula is C17H12ClN3O2. The van der Waals surface area contributed by atoms with Gasteiger partial charge in [-0.3, -0.25) is 4.79 Å². The fourth-order valence-electron chi connectivity index (χ4n) is 2.45. The highest BCUT2D eigenvalue weighted by Crippen LogP contribution is 2.29. The summed E-state index contributed by atoms with van der Waals surface area (Å²) in [7, 11) is 0. The normalized spacial score (nSPS) is 10.4. The first kappa shape index (κ1) is 14.9. The highest BCUT2D eigenvalue weighted by atomic mass is 35.5. The molecule has 23 heavy (non-hydrogen) atoms. The lowest BCUT2D eigenvalue weighted by atomic mass is 10.2. The lowest BCUT2D eigenvalue weighted by molar-refractivity contribution is -0.134. The Hall–Kier alpha value is -2.97. The fourth-order valence-corrected chi connectivity index (χ4v) is 2.61. The topological polar surface area (TPSA) is 78.0 Å². The van der Waals surface area contributed by atoms with Gasteiger partial charge in [-0.2, -0.15) is 5.26 Å². The van der Waals surface area contributed by atoms with Gasteiger partial charge in [-0.1, -0.05) is 11.6 Å². The molecule has 5 nitrogen and oxygen atoms in total. The fraction of sp³-hybridized carbons (Fsp3) is 0.0588. The van der Waals surface area contributed by atoms with Crippen LogP contribution in [0, 0.1) is 11.3 Å². The number of nitrogens with one attached hydrogen (secondary N) is 1. The maximum absolute atomic E-state index is 10.8. The molecule has 0 saturated heterocycles. The van der Waals surface area contributed by atoms with Gasteiger partial charge in [-0.25, -0.2) is 0 Å². The van der Waals surface area contributed by atoms with Crippen LogP contribution in [0.25, 0.3) is 16.6 Å². The van der Waals surface area contributed by atoms with Crippen LogP contribution in [-0.2, 0) is 4.79 Å². The summed E-state index contributed by atoms with van der Waals surface area (Å²) in [6.45, 7) is -0.188. The molecule has 3 rings (SSSR count). The molecule has 0 bridgehead atoms. The van der Waals surface area contributed by atoms with Gasteiger partial charge in [0.15, 0.2) is 0 Å². The molecule has 0 unspecified atom stereocenters. The standard InChI is InChI=1S/C17H12ClN3O2/c18-13-2-3-14(20-10-17(22)23)16(8-13)21-6-5-12-7-11(9-19)1-4-15(12)21/h1-8,20H,10H2,(H,22,23). The number of carboxylic acid groups (broad SMARTS) is 1. The molecule has 0 radical (unpaired) electrons. The predicted octanol–water partition coefficient (Wildman–Crippen LogP) is 3.65. The van der Waals surface area contributed by atoms with Crippen LogP contribution in [-0.4, -0.2) is 22.2 Å². The minimum Gasteiger partial charge on any atom is -0.480 e. The van der Waals surface area contributed by atoms with Crippen molar-refractivity contribution in [2.45, 2.75) is 0 Å². The molecule has 0 amide bonds. The summed E-state index contributed by atoms with van der Waals surface area (Å²) in [6.07, 6.45) is 1.86. The van der Waals surface area contributed by atoms with Crippen LogP contribution in [0.1, 0.15) is 5.56 Å². The summed E-state index contributed by atoms with van der Waals surface area (Å²) < 4.78 is 1.91. The summed E-state index contributed by atoms with van der Waals surface area (Å²) in [4.78, 5) is 10.8. The van der Waals surface area contributed by atoms with Crippen LogP contribution in [0.2, 0.25) is 5.02 Å². The van der Waals surface area contributed by atoms with Gasteiger partial charge in [0.25, 0.3) is 0 Å². The third-order valence-corrected chi connectivity index (χ3v) is 3.70. The summed E-state index contributed by atoms with van der Waals surface area (Å²) in [5.74, 6) is -0.943. The molecule has 0 atom stereocenters. The van der Waals surface area contributed by atoms with Crippen LogP contribution in [0.4, 0.5) is 5.69 Å². The molecule has 0 spiro atoms. The molecule has 6 heteroatoms. The molecule has 0 saturated carbocycles. The number of nitriles is 1. The van der Waals surface area contributed by atoms with Gasteiger partial charge >= 0.3 is 5.97 Å². The van der Waals surface area contributed by atoms with Gasteiger partial charge in [0.1, 0.15) is 6.54 Å². The number of aliphatic carboxylic acids is 1. The largest absolute Gasteiger partial charge is 0.480 e. The number of nitrogens with zero attached hydrogens (tertiary/aromatic N) is 2. The second kappa shape index (κ2) is 6.03. The highest BCUT2D eigenvalue weighted by molar-refractivity contribution is 6.30. The third kappa shape index (κ3) is 2.98. The Balaban J connectivity index is 2.12. The number of carboxylic acids is 1. The number of benzene rings is 2. The Morgan fingerprint density at radius 3 is 2.83 bits per heavy atom. The van der Waals surface area contributed by atoms with E-state index in [4.69, 9.17) is 22.0 Å². The molecular weight excluding hydrogens is 314 g/mol. The molecule has 0 aliphatic rings. The van der Waals surface area contributed by atoms with Crippen molar-refractivity contribution in [2.75, 3.05) is 11.9 Å². The zero-order valence-electron chi connectivity index (χ0n) is 12.0. The van der Waals surface area contributed by atoms with E-state index in [2.05, 4.69) is 11.4 Å². The Labute approximate surface area is 137 Å². The van der Waals surface area contributed by atoms with E-state index < -0.39 is 5.97 Å². The predicted molar refractivity (Wildman–Crippen MR) is 89.1 cm³/mol. The Kier molecular flexibility index (Phi) is 3.92. The van der Waals surface area contributed by atoms with E-state index in [0.29, 0.717) is 16.3 Å². The molecule has 0 aliphatic heterocycles. The number of hydrogen-bond acceptors (Lipinski definition) is 3. The maximum atomic E-state index is 10.8. The van der Waals surface area contributed by atoms with E-state index in [1.807, 2.05) is 22.9 Å². The summed E-state index contributed by atoms with van der Waals surface area (Å²) >= 11 is 6.09. The quantitative estimate of drug-likeness (QED) is 0.767. The SMILES string of the molecule is N#Cc1ccc2c(ccn2-c2cc(Cl)ccc2NCC(=O)O)c1.